The summed E-state index contributed by atoms with van der Waals surface area (Å²) in [6, 6.07) is 10.3. The van der Waals surface area contributed by atoms with Gasteiger partial charge in [0.05, 0.1) is 11.6 Å². The fourth-order valence-electron chi connectivity index (χ4n) is 1.94. The predicted octanol–water partition coefficient (Wildman–Crippen LogP) is 3.99. The smallest absolute Gasteiger partial charge is 0.143 e. The van der Waals surface area contributed by atoms with Gasteiger partial charge in [0.2, 0.25) is 0 Å². The number of rotatable bonds is 3. The molecule has 0 aliphatic heterocycles. The Balaban J connectivity index is 2.49. The second kappa shape index (κ2) is 5.72. The molecule has 0 aromatic heterocycles. The van der Waals surface area contributed by atoms with Gasteiger partial charge in [0.1, 0.15) is 17.7 Å². The van der Waals surface area contributed by atoms with Crippen LogP contribution in [0.1, 0.15) is 22.8 Å². The first kappa shape index (κ1) is 14.0. The van der Waals surface area contributed by atoms with E-state index in [0.29, 0.717) is 15.8 Å². The fraction of sp³-hybridized carbons (Fsp3) is 0.200. The molecular weight excluding hydrogens is 311 g/mol. The van der Waals surface area contributed by atoms with E-state index in [0.717, 1.165) is 5.56 Å². The summed E-state index contributed by atoms with van der Waals surface area (Å²) in [5, 5.41) is 10.4. The van der Waals surface area contributed by atoms with Crippen LogP contribution in [0.25, 0.3) is 0 Å². The molecule has 2 aromatic carbocycles. The van der Waals surface area contributed by atoms with Crippen LogP contribution >= 0.6 is 15.9 Å². The number of aliphatic hydroxyl groups excluding tert-OH is 1. The molecule has 0 radical (unpaired) electrons. The van der Waals surface area contributed by atoms with Gasteiger partial charge in [0.15, 0.2) is 0 Å². The lowest BCUT2D eigenvalue weighted by Crippen LogP contribution is -2.05. The van der Waals surface area contributed by atoms with Crippen LogP contribution in [0.4, 0.5) is 4.39 Å². The average molecular weight is 325 g/mol. The summed E-state index contributed by atoms with van der Waals surface area (Å²) < 4.78 is 19.6. The van der Waals surface area contributed by atoms with Gasteiger partial charge in [0.25, 0.3) is 0 Å². The first-order valence-corrected chi connectivity index (χ1v) is 6.60. The third-order valence-electron chi connectivity index (χ3n) is 2.96. The highest BCUT2D eigenvalue weighted by Crippen LogP contribution is 2.33. The molecule has 4 heteroatoms. The van der Waals surface area contributed by atoms with Gasteiger partial charge < -0.3 is 9.84 Å². The topological polar surface area (TPSA) is 29.5 Å². The monoisotopic (exact) mass is 324 g/mol. The molecule has 0 fully saturated rings. The zero-order valence-electron chi connectivity index (χ0n) is 10.7. The second-order valence-electron chi connectivity index (χ2n) is 4.29. The van der Waals surface area contributed by atoms with Crippen LogP contribution in [0, 0.1) is 12.7 Å². The van der Waals surface area contributed by atoms with Crippen molar-refractivity contribution in [1.82, 2.24) is 0 Å². The minimum absolute atomic E-state index is 0.219. The Kier molecular flexibility index (Phi) is 4.22. The molecule has 0 spiro atoms. The third-order valence-corrected chi connectivity index (χ3v) is 3.57. The van der Waals surface area contributed by atoms with Crippen LogP contribution in [0.2, 0.25) is 0 Å². The van der Waals surface area contributed by atoms with Crippen molar-refractivity contribution >= 4 is 15.9 Å². The zero-order valence-corrected chi connectivity index (χ0v) is 12.2. The van der Waals surface area contributed by atoms with Gasteiger partial charge in [-0.1, -0.05) is 24.3 Å². The Hall–Kier alpha value is -1.39. The van der Waals surface area contributed by atoms with Crippen LogP contribution in [-0.4, -0.2) is 12.2 Å². The Morgan fingerprint density at radius 1 is 1.21 bits per heavy atom. The molecule has 0 saturated heterocycles. The quantitative estimate of drug-likeness (QED) is 0.925. The summed E-state index contributed by atoms with van der Waals surface area (Å²) in [5.41, 5.74) is 1.78. The molecule has 1 N–H and O–H groups in total. The third kappa shape index (κ3) is 2.80. The Morgan fingerprint density at radius 3 is 2.63 bits per heavy atom. The predicted molar refractivity (Wildman–Crippen MR) is 75.9 cm³/mol. The van der Waals surface area contributed by atoms with Crippen molar-refractivity contribution in [3.8, 4) is 5.75 Å². The van der Waals surface area contributed by atoms with E-state index in [4.69, 9.17) is 4.74 Å². The van der Waals surface area contributed by atoms with E-state index >= 15 is 0 Å². The minimum atomic E-state index is -1.06. The van der Waals surface area contributed by atoms with E-state index in [2.05, 4.69) is 15.9 Å². The normalized spacial score (nSPS) is 12.3. The number of ether oxygens (including phenoxy) is 1. The van der Waals surface area contributed by atoms with E-state index in [1.54, 1.807) is 24.3 Å². The molecule has 0 amide bonds. The average Bonchev–Trinajstić information content (AvgIpc) is 2.41. The highest BCUT2D eigenvalue weighted by molar-refractivity contribution is 9.10. The largest absolute Gasteiger partial charge is 0.496 e. The molecule has 19 heavy (non-hydrogen) atoms. The molecule has 0 heterocycles. The van der Waals surface area contributed by atoms with Gasteiger partial charge >= 0.3 is 0 Å². The van der Waals surface area contributed by atoms with E-state index in [9.17, 15) is 9.50 Å². The number of aliphatic hydroxyl groups is 1. The van der Waals surface area contributed by atoms with Gasteiger partial charge in [-0.2, -0.15) is 0 Å². The molecule has 0 aliphatic carbocycles. The lowest BCUT2D eigenvalue weighted by Gasteiger charge is -2.16. The summed E-state index contributed by atoms with van der Waals surface area (Å²) in [6.07, 6.45) is -1.06. The van der Waals surface area contributed by atoms with Crippen LogP contribution < -0.4 is 4.74 Å². The summed E-state index contributed by atoms with van der Waals surface area (Å²) >= 11 is 3.12. The maximum Gasteiger partial charge on any atom is 0.143 e. The maximum atomic E-state index is 14.0. The van der Waals surface area contributed by atoms with E-state index < -0.39 is 11.9 Å². The molecule has 1 atom stereocenters. The Morgan fingerprint density at radius 2 is 1.95 bits per heavy atom. The first-order chi connectivity index (χ1) is 9.04. The van der Waals surface area contributed by atoms with Crippen LogP contribution in [0.3, 0.4) is 0 Å². The molecule has 2 rings (SSSR count). The molecule has 1 unspecified atom stereocenters. The second-order valence-corrected chi connectivity index (χ2v) is 5.15. The summed E-state index contributed by atoms with van der Waals surface area (Å²) in [6.45, 7) is 1.93. The van der Waals surface area contributed by atoms with Gasteiger partial charge in [0, 0.05) is 11.1 Å². The first-order valence-electron chi connectivity index (χ1n) is 5.81. The number of methoxy groups -OCH3 is 1. The minimum Gasteiger partial charge on any atom is -0.496 e. The highest BCUT2D eigenvalue weighted by atomic mass is 79.9. The maximum absolute atomic E-state index is 14.0. The highest BCUT2D eigenvalue weighted by Gasteiger charge is 2.20. The van der Waals surface area contributed by atoms with Crippen molar-refractivity contribution in [3.63, 3.8) is 0 Å². The molecular formula is C15H14BrFO2. The van der Waals surface area contributed by atoms with Crippen molar-refractivity contribution in [3.05, 3.63) is 63.4 Å². The van der Waals surface area contributed by atoms with Crippen LogP contribution in [-0.2, 0) is 0 Å². The Labute approximate surface area is 120 Å². The lowest BCUT2D eigenvalue weighted by atomic mass is 9.99. The molecule has 0 bridgehead atoms. The molecule has 2 aromatic rings. The number of halogens is 2. The van der Waals surface area contributed by atoms with Gasteiger partial charge in [-0.15, -0.1) is 0 Å². The number of aryl methyl sites for hydroxylation is 1. The standard InChI is InChI=1S/C15H14BrFO2/c1-9-6-7-10(13(8-9)19-2)15(18)11-4-3-5-12(16)14(11)17/h3-8,15,18H,1-2H3. The SMILES string of the molecule is COc1cc(C)ccc1C(O)c1cccc(Br)c1F. The van der Waals surface area contributed by atoms with Crippen molar-refractivity contribution in [1.29, 1.82) is 0 Å². The van der Waals surface area contributed by atoms with Crippen molar-refractivity contribution in [2.75, 3.05) is 7.11 Å². The number of hydrogen-bond acceptors (Lipinski definition) is 2. The van der Waals surface area contributed by atoms with E-state index in [-0.39, 0.29) is 5.56 Å². The molecule has 100 valence electrons. The Bertz CT molecular complexity index is 599. The summed E-state index contributed by atoms with van der Waals surface area (Å²) in [4.78, 5) is 0. The fourth-order valence-corrected chi connectivity index (χ4v) is 2.32. The van der Waals surface area contributed by atoms with E-state index in [1.165, 1.54) is 7.11 Å². The summed E-state index contributed by atoms with van der Waals surface area (Å²) in [7, 11) is 1.53. The molecule has 0 aliphatic rings. The van der Waals surface area contributed by atoms with Gasteiger partial charge in [-0.3, -0.25) is 0 Å². The van der Waals surface area contributed by atoms with Gasteiger partial charge in [-0.25, -0.2) is 4.39 Å². The lowest BCUT2D eigenvalue weighted by molar-refractivity contribution is 0.209. The van der Waals surface area contributed by atoms with Crippen LogP contribution in [0.5, 0.6) is 5.75 Å². The van der Waals surface area contributed by atoms with Crippen molar-refractivity contribution < 1.29 is 14.2 Å². The zero-order chi connectivity index (χ0) is 14.0. The van der Waals surface area contributed by atoms with Crippen molar-refractivity contribution in [2.45, 2.75) is 13.0 Å². The summed E-state index contributed by atoms with van der Waals surface area (Å²) in [5.74, 6) is 0.0875. The molecule has 0 saturated carbocycles. The van der Waals surface area contributed by atoms with E-state index in [1.807, 2.05) is 19.1 Å². The number of benzene rings is 2. The van der Waals surface area contributed by atoms with Crippen LogP contribution in [0.15, 0.2) is 40.9 Å². The van der Waals surface area contributed by atoms with Gasteiger partial charge in [-0.05, 0) is 40.5 Å². The van der Waals surface area contributed by atoms with Crippen molar-refractivity contribution in [2.24, 2.45) is 0 Å². The molecule has 2 nitrogen and oxygen atoms in total. The number of hydrogen-bond donors (Lipinski definition) is 1.